The summed E-state index contributed by atoms with van der Waals surface area (Å²) < 4.78 is 14.1. The summed E-state index contributed by atoms with van der Waals surface area (Å²) in [5.41, 5.74) is 2.03. The number of benzene rings is 1. The lowest BCUT2D eigenvalue weighted by molar-refractivity contribution is -0.141. The Bertz CT molecular complexity index is 979. The van der Waals surface area contributed by atoms with Crippen molar-refractivity contribution in [3.8, 4) is 0 Å². The molecule has 2 aromatic rings. The molecule has 1 aromatic carbocycles. The van der Waals surface area contributed by atoms with Crippen LogP contribution >= 0.6 is 0 Å². The van der Waals surface area contributed by atoms with E-state index in [9.17, 15) is 14.0 Å². The minimum atomic E-state index is -0.312. The van der Waals surface area contributed by atoms with Crippen LogP contribution in [0, 0.1) is 12.7 Å². The van der Waals surface area contributed by atoms with Gasteiger partial charge in [0.25, 0.3) is 5.91 Å². The number of aromatic amines is 1. The largest absolute Gasteiger partial charge is 0.350 e. The first-order valence-electron chi connectivity index (χ1n) is 11.5. The number of piperazine rings is 1. The van der Waals surface area contributed by atoms with Crippen molar-refractivity contribution < 1.29 is 14.0 Å². The molecule has 3 aliphatic heterocycles. The first kappa shape index (κ1) is 20.5. The zero-order valence-electron chi connectivity index (χ0n) is 18.3. The van der Waals surface area contributed by atoms with Gasteiger partial charge in [0.2, 0.25) is 5.91 Å². The fourth-order valence-electron chi connectivity index (χ4n) is 6.00. The first-order valence-corrected chi connectivity index (χ1v) is 11.5. The summed E-state index contributed by atoms with van der Waals surface area (Å²) in [5.74, 6) is -0.287. The molecular weight excluding hydrogens is 395 g/mol. The fraction of sp³-hybridized carbons (Fsp3) is 0.583. The summed E-state index contributed by atoms with van der Waals surface area (Å²) in [4.78, 5) is 32.6. The van der Waals surface area contributed by atoms with Crippen LogP contribution in [-0.4, -0.2) is 63.9 Å². The number of carbonyl (C=O) groups is 2. The van der Waals surface area contributed by atoms with Crippen molar-refractivity contribution in [2.75, 3.05) is 13.1 Å². The third kappa shape index (κ3) is 3.73. The Labute approximate surface area is 182 Å². The molecule has 6 rings (SSSR count). The van der Waals surface area contributed by atoms with Gasteiger partial charge in [-0.15, -0.1) is 0 Å². The first-order chi connectivity index (χ1) is 14.9. The quantitative estimate of drug-likeness (QED) is 0.791. The number of aryl methyl sites for hydroxylation is 1. The Kier molecular flexibility index (Phi) is 5.24. The molecule has 6 nitrogen and oxygen atoms in total. The van der Waals surface area contributed by atoms with Crippen LogP contribution in [0.2, 0.25) is 0 Å². The molecule has 4 fully saturated rings. The molecule has 2 bridgehead atoms. The molecule has 4 atom stereocenters. The number of rotatable bonds is 3. The lowest BCUT2D eigenvalue weighted by Crippen LogP contribution is -2.66. The topological polar surface area (TPSA) is 68.4 Å². The van der Waals surface area contributed by atoms with E-state index in [1.165, 1.54) is 6.07 Å². The summed E-state index contributed by atoms with van der Waals surface area (Å²) in [7, 11) is 0. The molecule has 2 amide bonds. The monoisotopic (exact) mass is 426 g/mol. The van der Waals surface area contributed by atoms with E-state index < -0.39 is 0 Å². The number of nitrogens with one attached hydrogen (secondary N) is 2. The Balaban J connectivity index is 1.25. The molecule has 4 aliphatic rings. The Morgan fingerprint density at radius 2 is 1.90 bits per heavy atom. The van der Waals surface area contributed by atoms with Crippen LogP contribution in [0.3, 0.4) is 0 Å². The highest BCUT2D eigenvalue weighted by molar-refractivity contribution is 5.99. The van der Waals surface area contributed by atoms with Gasteiger partial charge >= 0.3 is 0 Å². The molecule has 166 valence electrons. The lowest BCUT2D eigenvalue weighted by Gasteiger charge is -2.54. The van der Waals surface area contributed by atoms with Crippen LogP contribution in [-0.2, 0) is 4.79 Å². The number of carbonyl (C=O) groups excluding carboxylic acids is 2. The van der Waals surface area contributed by atoms with Crippen LogP contribution in [0.25, 0.3) is 10.9 Å². The summed E-state index contributed by atoms with van der Waals surface area (Å²) in [6, 6.07) is 6.12. The third-order valence-electron chi connectivity index (χ3n) is 7.62. The maximum Gasteiger partial charge on any atom is 0.267 e. The number of hydrogen-bond donors (Lipinski definition) is 2. The average Bonchev–Trinajstić information content (AvgIpc) is 3.24. The van der Waals surface area contributed by atoms with Crippen LogP contribution in [0.15, 0.2) is 18.2 Å². The Hall–Kier alpha value is -2.41. The Morgan fingerprint density at radius 3 is 2.61 bits per heavy atom. The molecule has 7 heteroatoms. The summed E-state index contributed by atoms with van der Waals surface area (Å²) in [5, 5.41) is 3.66. The van der Waals surface area contributed by atoms with E-state index in [1.54, 1.807) is 19.1 Å². The molecule has 31 heavy (non-hydrogen) atoms. The molecular formula is C24H31FN4O2. The van der Waals surface area contributed by atoms with Gasteiger partial charge in [0.05, 0.1) is 5.52 Å². The number of amides is 2. The van der Waals surface area contributed by atoms with E-state index in [1.807, 2.05) is 11.8 Å². The van der Waals surface area contributed by atoms with Crippen molar-refractivity contribution in [3.05, 3.63) is 35.3 Å². The fourth-order valence-corrected chi connectivity index (χ4v) is 6.00. The van der Waals surface area contributed by atoms with Gasteiger partial charge in [0.1, 0.15) is 11.5 Å². The summed E-state index contributed by atoms with van der Waals surface area (Å²) in [6.45, 7) is 5.38. The van der Waals surface area contributed by atoms with E-state index in [-0.39, 0.29) is 23.7 Å². The van der Waals surface area contributed by atoms with Crippen molar-refractivity contribution >= 4 is 22.7 Å². The zero-order chi connectivity index (χ0) is 21.7. The van der Waals surface area contributed by atoms with E-state index in [0.29, 0.717) is 34.7 Å². The maximum absolute atomic E-state index is 14.1. The zero-order valence-corrected chi connectivity index (χ0v) is 18.3. The number of piperidine rings is 2. The second kappa shape index (κ2) is 7.93. The Morgan fingerprint density at radius 1 is 1.10 bits per heavy atom. The van der Waals surface area contributed by atoms with Gasteiger partial charge in [-0.2, -0.15) is 0 Å². The van der Waals surface area contributed by atoms with Gasteiger partial charge in [-0.25, -0.2) is 4.39 Å². The van der Waals surface area contributed by atoms with E-state index in [0.717, 1.165) is 57.2 Å². The predicted molar refractivity (Wildman–Crippen MR) is 117 cm³/mol. The number of nitrogens with zero attached hydrogens (tertiary/aromatic N) is 2. The lowest BCUT2D eigenvalue weighted by atomic mass is 9.84. The van der Waals surface area contributed by atoms with E-state index >= 15 is 0 Å². The van der Waals surface area contributed by atoms with Gasteiger partial charge in [-0.3, -0.25) is 14.5 Å². The molecule has 2 unspecified atom stereocenters. The van der Waals surface area contributed by atoms with Crippen molar-refractivity contribution in [1.29, 1.82) is 0 Å². The van der Waals surface area contributed by atoms with Crippen LogP contribution in [0.1, 0.15) is 61.5 Å². The predicted octanol–water partition coefficient (Wildman–Crippen LogP) is 3.35. The number of halogens is 1. The van der Waals surface area contributed by atoms with Gasteiger partial charge < -0.3 is 15.2 Å². The molecule has 1 aliphatic carbocycles. The second-order valence-corrected chi connectivity index (χ2v) is 9.58. The number of aromatic nitrogens is 1. The van der Waals surface area contributed by atoms with Crippen molar-refractivity contribution in [2.45, 2.75) is 76.5 Å². The highest BCUT2D eigenvalue weighted by atomic mass is 19.1. The second-order valence-electron chi connectivity index (χ2n) is 9.58. The van der Waals surface area contributed by atoms with E-state index in [2.05, 4.69) is 15.2 Å². The number of fused-ring (bicyclic) bond motifs is 4. The highest BCUT2D eigenvalue weighted by Crippen LogP contribution is 2.34. The molecule has 1 aromatic heterocycles. The van der Waals surface area contributed by atoms with Crippen LogP contribution in [0.5, 0.6) is 0 Å². The molecule has 4 heterocycles. The minimum Gasteiger partial charge on any atom is -0.350 e. The molecule has 1 saturated carbocycles. The summed E-state index contributed by atoms with van der Waals surface area (Å²) >= 11 is 0. The normalized spacial score (nSPS) is 28.8. The van der Waals surface area contributed by atoms with Gasteiger partial charge in [0, 0.05) is 49.6 Å². The van der Waals surface area contributed by atoms with E-state index in [4.69, 9.17) is 0 Å². The summed E-state index contributed by atoms with van der Waals surface area (Å²) in [6.07, 6.45) is 6.39. The van der Waals surface area contributed by atoms with Crippen molar-refractivity contribution in [3.63, 3.8) is 0 Å². The maximum atomic E-state index is 14.1. The number of hydrogen-bond acceptors (Lipinski definition) is 3. The van der Waals surface area contributed by atoms with Gasteiger partial charge in [0.15, 0.2) is 0 Å². The third-order valence-corrected chi connectivity index (χ3v) is 7.62. The number of H-pyrrole nitrogens is 1. The van der Waals surface area contributed by atoms with Crippen LogP contribution in [0.4, 0.5) is 4.39 Å². The smallest absolute Gasteiger partial charge is 0.267 e. The molecule has 3 saturated heterocycles. The van der Waals surface area contributed by atoms with Gasteiger partial charge in [-0.05, 0) is 63.1 Å². The average molecular weight is 427 g/mol. The standard InChI is InChI=1S/C24H31FN4O2/c1-14-6-9-21(25)20-11-22(27-23(14)20)24(31)26-16-4-3-5-17(10-16)29-13-18-7-8-19(29)12-28(18)15(2)30/h6,9,11,16-19,27H,3-5,7-8,10,12-13H2,1-2H3,(H,26,31)/t16-,17-,18?,19?/m1/s1. The molecule has 0 spiro atoms. The van der Waals surface area contributed by atoms with Crippen LogP contribution < -0.4 is 5.32 Å². The highest BCUT2D eigenvalue weighted by Gasteiger charge is 2.43. The molecule has 0 radical (unpaired) electrons. The SMILES string of the molecule is CC(=O)N1CC2CCC1CN2[C@@H]1CCC[C@@H](NC(=O)c2cc3c(F)ccc(C)c3[nH]2)C1. The van der Waals surface area contributed by atoms with Crippen molar-refractivity contribution in [2.24, 2.45) is 0 Å². The van der Waals surface area contributed by atoms with Crippen molar-refractivity contribution in [1.82, 2.24) is 20.1 Å². The minimum absolute atomic E-state index is 0.118. The van der Waals surface area contributed by atoms with Gasteiger partial charge in [-0.1, -0.05) is 6.07 Å². The molecule has 2 N–H and O–H groups in total.